The fourth-order valence-electron chi connectivity index (χ4n) is 4.92. The molecule has 1 aliphatic heterocycles. The number of para-hydroxylation sites is 1. The van der Waals surface area contributed by atoms with Crippen molar-refractivity contribution in [2.45, 2.75) is 19.9 Å². The molecule has 2 aromatic heterocycles. The molecule has 204 valence electrons. The highest BCUT2D eigenvalue weighted by Crippen LogP contribution is 2.31. The third-order valence-electron chi connectivity index (χ3n) is 6.80. The summed E-state index contributed by atoms with van der Waals surface area (Å²) in [6.07, 6.45) is 3.74. The van der Waals surface area contributed by atoms with Gasteiger partial charge in [0, 0.05) is 22.3 Å². The van der Waals surface area contributed by atoms with Crippen LogP contribution in [0.25, 0.3) is 23.0 Å². The first-order valence-electron chi connectivity index (χ1n) is 13.1. The lowest BCUT2D eigenvalue weighted by Gasteiger charge is -2.24. The molecule has 1 aliphatic rings. The molecular weight excluding hydrogens is 556 g/mol. The van der Waals surface area contributed by atoms with Gasteiger partial charge in [-0.3, -0.25) is 9.36 Å². The molecule has 9 heteroatoms. The molecule has 0 saturated heterocycles. The summed E-state index contributed by atoms with van der Waals surface area (Å²) in [5.74, 6) is -0.481. The molecule has 0 radical (unpaired) electrons. The first-order valence-corrected chi connectivity index (χ1v) is 14.3. The number of fused-ring (bicyclic) bond motifs is 1. The van der Waals surface area contributed by atoms with Gasteiger partial charge >= 0.3 is 5.97 Å². The molecule has 41 heavy (non-hydrogen) atoms. The molecule has 0 aliphatic carbocycles. The number of hydrogen-bond acceptors (Lipinski definition) is 6. The van der Waals surface area contributed by atoms with Gasteiger partial charge in [-0.25, -0.2) is 14.5 Å². The molecule has 5 aromatic rings. The van der Waals surface area contributed by atoms with Crippen LogP contribution in [0, 0.1) is 0 Å². The molecule has 0 N–H and O–H groups in total. The quantitative estimate of drug-likeness (QED) is 0.255. The molecule has 3 aromatic carbocycles. The Balaban J connectivity index is 1.56. The Bertz CT molecular complexity index is 1960. The topological polar surface area (TPSA) is 78.5 Å². The van der Waals surface area contributed by atoms with Crippen molar-refractivity contribution in [2.24, 2.45) is 4.99 Å². The number of halogens is 1. The lowest BCUT2D eigenvalue weighted by Crippen LogP contribution is -2.39. The number of allylic oxidation sites excluding steroid dienone is 1. The van der Waals surface area contributed by atoms with E-state index in [9.17, 15) is 9.59 Å². The number of carbonyl (C=O) groups excluding carboxylic acids is 1. The van der Waals surface area contributed by atoms with Crippen LogP contribution in [0.3, 0.4) is 0 Å². The molecule has 1 unspecified atom stereocenters. The van der Waals surface area contributed by atoms with Gasteiger partial charge in [0.15, 0.2) is 4.80 Å². The van der Waals surface area contributed by atoms with E-state index in [0.29, 0.717) is 31.3 Å². The zero-order valence-electron chi connectivity index (χ0n) is 22.3. The molecule has 3 heterocycles. The summed E-state index contributed by atoms with van der Waals surface area (Å²) in [5.41, 5.74) is 4.67. The van der Waals surface area contributed by atoms with Gasteiger partial charge in [0.2, 0.25) is 0 Å². The Hall–Kier alpha value is -4.53. The number of hydrogen-bond donors (Lipinski definition) is 0. The van der Waals surface area contributed by atoms with Gasteiger partial charge in [-0.05, 0) is 49.8 Å². The number of carbonyl (C=O) groups is 1. The molecule has 0 saturated carbocycles. The van der Waals surface area contributed by atoms with Crippen molar-refractivity contribution in [3.8, 4) is 16.9 Å². The summed E-state index contributed by atoms with van der Waals surface area (Å²) < 4.78 is 9.25. The summed E-state index contributed by atoms with van der Waals surface area (Å²) in [7, 11) is 0. The van der Waals surface area contributed by atoms with E-state index in [0.717, 1.165) is 22.4 Å². The zero-order valence-corrected chi connectivity index (χ0v) is 23.9. The highest BCUT2D eigenvalue weighted by molar-refractivity contribution is 7.07. The van der Waals surface area contributed by atoms with Crippen molar-refractivity contribution >= 4 is 35.0 Å². The van der Waals surface area contributed by atoms with E-state index in [2.05, 4.69) is 4.99 Å². The summed E-state index contributed by atoms with van der Waals surface area (Å²) in [6, 6.07) is 26.1. The second kappa shape index (κ2) is 11.2. The van der Waals surface area contributed by atoms with E-state index >= 15 is 0 Å². The summed E-state index contributed by atoms with van der Waals surface area (Å²) in [5, 5.41) is 5.49. The van der Waals surface area contributed by atoms with E-state index in [-0.39, 0.29) is 12.2 Å². The second-order valence-corrected chi connectivity index (χ2v) is 10.9. The Morgan fingerprint density at radius 1 is 1.02 bits per heavy atom. The Morgan fingerprint density at radius 3 is 2.39 bits per heavy atom. The highest BCUT2D eigenvalue weighted by atomic mass is 35.5. The zero-order chi connectivity index (χ0) is 28.5. The van der Waals surface area contributed by atoms with Crippen LogP contribution in [0.15, 0.2) is 112 Å². The third kappa shape index (κ3) is 5.08. The number of benzene rings is 3. The fraction of sp³-hybridized carbons (Fsp3) is 0.125. The average molecular weight is 581 g/mol. The molecular formula is C32H25ClN4O3S. The van der Waals surface area contributed by atoms with E-state index < -0.39 is 12.0 Å². The Labute approximate surface area is 245 Å². The van der Waals surface area contributed by atoms with Crippen molar-refractivity contribution < 1.29 is 9.53 Å². The van der Waals surface area contributed by atoms with Gasteiger partial charge in [-0.1, -0.05) is 83.6 Å². The van der Waals surface area contributed by atoms with Crippen LogP contribution in [0.1, 0.15) is 31.0 Å². The lowest BCUT2D eigenvalue weighted by molar-refractivity contribution is -0.139. The lowest BCUT2D eigenvalue weighted by atomic mass is 9.96. The van der Waals surface area contributed by atoms with Crippen molar-refractivity contribution in [1.82, 2.24) is 14.3 Å². The number of esters is 1. The van der Waals surface area contributed by atoms with Gasteiger partial charge in [0.05, 0.1) is 34.1 Å². The minimum absolute atomic E-state index is 0.223. The molecule has 0 fully saturated rings. The van der Waals surface area contributed by atoms with Crippen molar-refractivity contribution in [2.75, 3.05) is 6.61 Å². The number of aromatic nitrogens is 3. The second-order valence-electron chi connectivity index (χ2n) is 9.43. The monoisotopic (exact) mass is 580 g/mol. The predicted octanol–water partition coefficient (Wildman–Crippen LogP) is 5.30. The summed E-state index contributed by atoms with van der Waals surface area (Å²) in [4.78, 5) is 32.4. The molecule has 0 bridgehead atoms. The fourth-order valence-corrected chi connectivity index (χ4v) is 6.08. The molecule has 1 atom stereocenters. The summed E-state index contributed by atoms with van der Waals surface area (Å²) in [6.45, 7) is 3.76. The van der Waals surface area contributed by atoms with E-state index in [4.69, 9.17) is 21.4 Å². The Morgan fingerprint density at radius 2 is 1.71 bits per heavy atom. The normalized spacial score (nSPS) is 15.0. The number of nitrogens with zero attached hydrogens (tertiary/aromatic N) is 4. The molecule has 0 amide bonds. The smallest absolute Gasteiger partial charge is 0.338 e. The van der Waals surface area contributed by atoms with Crippen LogP contribution in [-0.2, 0) is 9.53 Å². The van der Waals surface area contributed by atoms with Crippen molar-refractivity contribution in [1.29, 1.82) is 0 Å². The van der Waals surface area contributed by atoms with Crippen LogP contribution in [0.5, 0.6) is 0 Å². The van der Waals surface area contributed by atoms with E-state index in [1.807, 2.05) is 97.2 Å². The number of ether oxygens (including phenoxy) is 1. The highest BCUT2D eigenvalue weighted by Gasteiger charge is 2.33. The van der Waals surface area contributed by atoms with Crippen LogP contribution in [0.2, 0.25) is 5.02 Å². The van der Waals surface area contributed by atoms with Gasteiger partial charge < -0.3 is 4.74 Å². The van der Waals surface area contributed by atoms with E-state index in [1.54, 1.807) is 23.1 Å². The largest absolute Gasteiger partial charge is 0.463 e. The van der Waals surface area contributed by atoms with Crippen LogP contribution < -0.4 is 14.9 Å². The van der Waals surface area contributed by atoms with Crippen LogP contribution in [-0.4, -0.2) is 26.9 Å². The van der Waals surface area contributed by atoms with Crippen LogP contribution >= 0.6 is 22.9 Å². The molecule has 7 nitrogen and oxygen atoms in total. The van der Waals surface area contributed by atoms with Crippen molar-refractivity contribution in [3.05, 3.63) is 138 Å². The van der Waals surface area contributed by atoms with E-state index in [1.165, 1.54) is 11.3 Å². The molecule has 0 spiro atoms. The van der Waals surface area contributed by atoms with Gasteiger partial charge in [0.1, 0.15) is 5.69 Å². The Kier molecular flexibility index (Phi) is 7.26. The maximum absolute atomic E-state index is 14.1. The van der Waals surface area contributed by atoms with Crippen molar-refractivity contribution in [3.63, 3.8) is 0 Å². The van der Waals surface area contributed by atoms with Gasteiger partial charge in [-0.15, -0.1) is 0 Å². The SMILES string of the molecule is CCOC(=O)C1=C(C)N=c2s/c(=C\c3cn(-c4ccccc4)nc3-c3ccc(Cl)cc3)c(=O)n2C1c1ccccc1. The average Bonchev–Trinajstić information content (AvgIpc) is 3.54. The maximum atomic E-state index is 14.1. The van der Waals surface area contributed by atoms with Crippen LogP contribution in [0.4, 0.5) is 0 Å². The third-order valence-corrected chi connectivity index (χ3v) is 8.03. The number of thiazole rings is 1. The number of rotatable bonds is 6. The summed E-state index contributed by atoms with van der Waals surface area (Å²) >= 11 is 7.44. The van der Waals surface area contributed by atoms with Gasteiger partial charge in [-0.2, -0.15) is 5.10 Å². The standard InChI is InChI=1S/C32H25ClN4O3S/c1-3-40-31(39)27-20(2)34-32-37(29(27)22-10-6-4-7-11-22)30(38)26(41-32)18-23-19-36(25-12-8-5-9-13-25)35-28(23)21-14-16-24(33)17-15-21/h4-19,29H,3H2,1-2H3/b26-18-. The first-order chi connectivity index (χ1) is 19.9. The van der Waals surface area contributed by atoms with Gasteiger partial charge in [0.25, 0.3) is 5.56 Å². The minimum atomic E-state index is -0.656. The minimum Gasteiger partial charge on any atom is -0.463 e. The molecule has 6 rings (SSSR count). The first kappa shape index (κ1) is 26.7. The maximum Gasteiger partial charge on any atom is 0.338 e. The predicted molar refractivity (Wildman–Crippen MR) is 161 cm³/mol.